The molecule has 0 unspecified atom stereocenters. The van der Waals surface area contributed by atoms with E-state index in [4.69, 9.17) is 13.9 Å². The Labute approximate surface area is 198 Å². The molecule has 0 saturated carbocycles. The molecule has 1 amide bonds. The largest absolute Gasteiger partial charge is 0.492 e. The summed E-state index contributed by atoms with van der Waals surface area (Å²) in [5.41, 5.74) is 1.25. The molecule has 1 saturated heterocycles. The van der Waals surface area contributed by atoms with E-state index in [-0.39, 0.29) is 24.0 Å². The van der Waals surface area contributed by atoms with Crippen molar-refractivity contribution >= 4 is 27.6 Å². The van der Waals surface area contributed by atoms with Crippen LogP contribution in [-0.2, 0) is 19.6 Å². The number of amides is 1. The molecule has 1 fully saturated rings. The number of ether oxygens (including phenoxy) is 2. The van der Waals surface area contributed by atoms with Gasteiger partial charge in [-0.15, -0.1) is 0 Å². The molecule has 2 aromatic carbocycles. The van der Waals surface area contributed by atoms with E-state index in [9.17, 15) is 13.2 Å². The highest BCUT2D eigenvalue weighted by atomic mass is 32.2. The van der Waals surface area contributed by atoms with Gasteiger partial charge in [0.05, 0.1) is 36.5 Å². The molecule has 1 aliphatic rings. The predicted octanol–water partition coefficient (Wildman–Crippen LogP) is 3.04. The number of rotatable bonds is 9. The third-order valence-electron chi connectivity index (χ3n) is 5.25. The van der Waals surface area contributed by atoms with Crippen LogP contribution in [0.25, 0.3) is 11.6 Å². The number of sulfonamides is 1. The average Bonchev–Trinajstić information content (AvgIpc) is 3.40. The molecule has 0 aliphatic carbocycles. The maximum Gasteiger partial charge on any atom is 0.252 e. The van der Waals surface area contributed by atoms with Gasteiger partial charge in [-0.1, -0.05) is 30.3 Å². The first-order chi connectivity index (χ1) is 16.5. The minimum atomic E-state index is -3.55. The number of carbonyl (C=O) groups is 1. The van der Waals surface area contributed by atoms with Gasteiger partial charge in [-0.25, -0.2) is 8.42 Å². The molecule has 9 heteroatoms. The summed E-state index contributed by atoms with van der Waals surface area (Å²) in [6.07, 6.45) is 3.25. The molecule has 0 atom stereocenters. The van der Waals surface area contributed by atoms with E-state index in [1.165, 1.54) is 16.4 Å². The molecule has 1 N–H and O–H groups in total. The number of hydrogen-bond acceptors (Lipinski definition) is 6. The lowest BCUT2D eigenvalue weighted by Crippen LogP contribution is -2.40. The highest BCUT2D eigenvalue weighted by molar-refractivity contribution is 7.89. The fraction of sp³-hybridized carbons (Fsp3) is 0.240. The van der Waals surface area contributed by atoms with Gasteiger partial charge in [-0.05, 0) is 48.0 Å². The Morgan fingerprint density at radius 1 is 1.00 bits per heavy atom. The van der Waals surface area contributed by atoms with Gasteiger partial charge in [-0.2, -0.15) is 4.31 Å². The van der Waals surface area contributed by atoms with Gasteiger partial charge in [0.1, 0.15) is 18.1 Å². The lowest BCUT2D eigenvalue weighted by Gasteiger charge is -2.26. The Bertz CT molecular complexity index is 1200. The molecular weight excluding hydrogens is 456 g/mol. The molecule has 0 radical (unpaired) electrons. The Morgan fingerprint density at radius 3 is 2.41 bits per heavy atom. The van der Waals surface area contributed by atoms with Crippen molar-refractivity contribution in [2.45, 2.75) is 4.90 Å². The fourth-order valence-corrected chi connectivity index (χ4v) is 4.89. The van der Waals surface area contributed by atoms with Crippen molar-refractivity contribution in [3.8, 4) is 5.75 Å². The van der Waals surface area contributed by atoms with Crippen molar-refractivity contribution in [3.63, 3.8) is 0 Å². The van der Waals surface area contributed by atoms with E-state index < -0.39 is 10.0 Å². The van der Waals surface area contributed by atoms with E-state index in [1.54, 1.807) is 36.6 Å². The monoisotopic (exact) mass is 482 g/mol. The quantitative estimate of drug-likeness (QED) is 0.372. The number of benzene rings is 2. The first kappa shape index (κ1) is 23.7. The summed E-state index contributed by atoms with van der Waals surface area (Å²) in [6, 6.07) is 19.2. The molecule has 34 heavy (non-hydrogen) atoms. The fourth-order valence-electron chi connectivity index (χ4n) is 3.49. The summed E-state index contributed by atoms with van der Waals surface area (Å²) in [4.78, 5) is 13.0. The van der Waals surface area contributed by atoms with E-state index in [1.807, 2.05) is 30.3 Å². The molecule has 0 bridgehead atoms. The number of nitrogens with one attached hydrogen (secondary N) is 1. The van der Waals surface area contributed by atoms with Crippen molar-refractivity contribution in [2.24, 2.45) is 0 Å². The SMILES string of the molecule is O=C(NCCOc1ccc(S(=O)(=O)N2CCOCC2)cc1)/C(=C/c1ccco1)c1ccccc1. The van der Waals surface area contributed by atoms with Crippen molar-refractivity contribution in [1.29, 1.82) is 0 Å². The van der Waals surface area contributed by atoms with E-state index in [2.05, 4.69) is 5.32 Å². The third-order valence-corrected chi connectivity index (χ3v) is 7.16. The molecule has 1 aromatic heterocycles. The number of furan rings is 1. The van der Waals surface area contributed by atoms with Crippen LogP contribution in [0.4, 0.5) is 0 Å². The second-order valence-electron chi connectivity index (χ2n) is 7.53. The number of nitrogens with zero attached hydrogens (tertiary/aromatic N) is 1. The number of carbonyl (C=O) groups excluding carboxylic acids is 1. The Balaban J connectivity index is 1.32. The number of hydrogen-bond donors (Lipinski definition) is 1. The molecule has 0 spiro atoms. The lowest BCUT2D eigenvalue weighted by atomic mass is 10.0. The van der Waals surface area contributed by atoms with Crippen LogP contribution in [0.1, 0.15) is 11.3 Å². The average molecular weight is 483 g/mol. The summed E-state index contributed by atoms with van der Waals surface area (Å²) in [5, 5.41) is 2.85. The standard InChI is InChI=1S/C25H26N2O6S/c28-25(24(19-22-7-4-15-32-22)20-5-2-1-3-6-20)26-12-16-33-21-8-10-23(11-9-21)34(29,30)27-13-17-31-18-14-27/h1-11,15,19H,12-14,16-18H2,(H,26,28)/b24-19+. The van der Waals surface area contributed by atoms with E-state index in [0.29, 0.717) is 43.4 Å². The first-order valence-electron chi connectivity index (χ1n) is 10.9. The van der Waals surface area contributed by atoms with E-state index >= 15 is 0 Å². The Morgan fingerprint density at radius 2 is 1.74 bits per heavy atom. The molecule has 4 rings (SSSR count). The second kappa shape index (κ2) is 11.1. The molecule has 178 valence electrons. The summed E-state index contributed by atoms with van der Waals surface area (Å²) < 4.78 is 43.1. The van der Waals surface area contributed by atoms with Crippen LogP contribution in [0, 0.1) is 0 Å². The summed E-state index contributed by atoms with van der Waals surface area (Å²) in [7, 11) is -3.55. The molecule has 8 nitrogen and oxygen atoms in total. The second-order valence-corrected chi connectivity index (χ2v) is 9.47. The maximum atomic E-state index is 12.8. The van der Waals surface area contributed by atoms with Crippen molar-refractivity contribution in [1.82, 2.24) is 9.62 Å². The maximum absolute atomic E-state index is 12.8. The molecule has 2 heterocycles. The third kappa shape index (κ3) is 5.93. The Hall–Kier alpha value is -3.40. The molecule has 3 aromatic rings. The van der Waals surface area contributed by atoms with Gasteiger partial charge in [0, 0.05) is 13.1 Å². The zero-order valence-corrected chi connectivity index (χ0v) is 19.4. The molecule has 1 aliphatic heterocycles. The van der Waals surface area contributed by atoms with Gasteiger partial charge in [0.25, 0.3) is 5.91 Å². The topological polar surface area (TPSA) is 98.1 Å². The van der Waals surface area contributed by atoms with E-state index in [0.717, 1.165) is 5.56 Å². The van der Waals surface area contributed by atoms with Crippen LogP contribution in [0.2, 0.25) is 0 Å². The minimum absolute atomic E-state index is 0.214. The Kier molecular flexibility index (Phi) is 7.79. The molecular formula is C25H26N2O6S. The van der Waals surface area contributed by atoms with Gasteiger partial charge >= 0.3 is 0 Å². The van der Waals surface area contributed by atoms with Crippen LogP contribution >= 0.6 is 0 Å². The zero-order chi connectivity index (χ0) is 23.8. The van der Waals surface area contributed by atoms with Gasteiger partial charge in [-0.3, -0.25) is 4.79 Å². The first-order valence-corrected chi connectivity index (χ1v) is 12.4. The summed E-state index contributed by atoms with van der Waals surface area (Å²) >= 11 is 0. The highest BCUT2D eigenvalue weighted by Gasteiger charge is 2.26. The lowest BCUT2D eigenvalue weighted by molar-refractivity contribution is -0.115. The minimum Gasteiger partial charge on any atom is -0.492 e. The predicted molar refractivity (Wildman–Crippen MR) is 128 cm³/mol. The summed E-state index contributed by atoms with van der Waals surface area (Å²) in [6.45, 7) is 1.99. The zero-order valence-electron chi connectivity index (χ0n) is 18.6. The summed E-state index contributed by atoms with van der Waals surface area (Å²) in [5.74, 6) is 0.847. The van der Waals surface area contributed by atoms with Crippen LogP contribution in [-0.4, -0.2) is 58.1 Å². The normalized spacial score (nSPS) is 15.1. The van der Waals surface area contributed by atoms with Crippen molar-refractivity contribution < 1.29 is 27.1 Å². The van der Waals surface area contributed by atoms with Gasteiger partial charge < -0.3 is 19.2 Å². The van der Waals surface area contributed by atoms with Gasteiger partial charge in [0.2, 0.25) is 10.0 Å². The number of morpholine rings is 1. The van der Waals surface area contributed by atoms with Crippen LogP contribution in [0.3, 0.4) is 0 Å². The van der Waals surface area contributed by atoms with Crippen LogP contribution in [0.15, 0.2) is 82.3 Å². The van der Waals surface area contributed by atoms with Crippen LogP contribution < -0.4 is 10.1 Å². The van der Waals surface area contributed by atoms with Crippen molar-refractivity contribution in [2.75, 3.05) is 39.5 Å². The van der Waals surface area contributed by atoms with Gasteiger partial charge in [0.15, 0.2) is 0 Å². The van der Waals surface area contributed by atoms with Crippen molar-refractivity contribution in [3.05, 3.63) is 84.3 Å². The smallest absolute Gasteiger partial charge is 0.252 e. The van der Waals surface area contributed by atoms with Crippen LogP contribution in [0.5, 0.6) is 5.75 Å². The highest BCUT2D eigenvalue weighted by Crippen LogP contribution is 2.21.